The molecule has 3 aliphatic rings. The van der Waals surface area contributed by atoms with Crippen molar-refractivity contribution >= 4 is 29.5 Å². The lowest BCUT2D eigenvalue weighted by atomic mass is 9.84. The minimum Gasteiger partial charge on any atom is -0.298 e. The van der Waals surface area contributed by atoms with E-state index in [1.165, 1.54) is 31.2 Å². The molecule has 4 atom stereocenters. The molecule has 7 heteroatoms. The van der Waals surface area contributed by atoms with Crippen molar-refractivity contribution in [2.45, 2.75) is 19.0 Å². The van der Waals surface area contributed by atoms with E-state index < -0.39 is 35.6 Å². The topological polar surface area (TPSA) is 70.0 Å². The van der Waals surface area contributed by atoms with Gasteiger partial charge < -0.3 is 0 Å². The molecule has 2 saturated heterocycles. The molecule has 0 saturated carbocycles. The number of halogens is 1. The lowest BCUT2D eigenvalue weighted by molar-refractivity contribution is -0.129. The van der Waals surface area contributed by atoms with E-state index >= 15 is 0 Å². The Morgan fingerprint density at radius 2 is 1.68 bits per heavy atom. The molecule has 2 fully saturated rings. The van der Waals surface area contributed by atoms with Crippen LogP contribution in [0.3, 0.4) is 0 Å². The van der Waals surface area contributed by atoms with Gasteiger partial charge in [0.2, 0.25) is 11.8 Å². The predicted molar refractivity (Wildman–Crippen MR) is 99.0 cm³/mol. The van der Waals surface area contributed by atoms with Gasteiger partial charge in [0.05, 0.1) is 29.8 Å². The largest absolute Gasteiger partial charge is 0.298 e. The molecule has 0 aliphatic carbocycles. The van der Waals surface area contributed by atoms with Crippen molar-refractivity contribution in [1.82, 2.24) is 5.01 Å². The molecular weight excluding hydrogens is 361 g/mol. The molecule has 0 aromatic heterocycles. The highest BCUT2D eigenvalue weighted by Crippen LogP contribution is 2.52. The highest BCUT2D eigenvalue weighted by molar-refractivity contribution is 6.24. The molecule has 0 spiro atoms. The van der Waals surface area contributed by atoms with E-state index in [0.717, 1.165) is 16.0 Å². The number of nitrogens with zero attached hydrogens (tertiary/aromatic N) is 3. The number of carbonyl (C=O) groups is 3. The maximum atomic E-state index is 13.3. The second kappa shape index (κ2) is 5.82. The van der Waals surface area contributed by atoms with Crippen molar-refractivity contribution < 1.29 is 18.8 Å². The molecule has 3 aliphatic heterocycles. The maximum Gasteiger partial charge on any atom is 0.240 e. The molecular formula is C21H16FN3O3. The monoisotopic (exact) mass is 377 g/mol. The normalized spacial score (nSPS) is 27.6. The van der Waals surface area contributed by atoms with Crippen LogP contribution in [0, 0.1) is 17.7 Å². The van der Waals surface area contributed by atoms with Crippen molar-refractivity contribution in [2.24, 2.45) is 16.9 Å². The SMILES string of the molecule is CC(=O)[C@H]1[C@H]2C(=O)N(c3ccc(F)cc3)C(=O)[C@H]2[C@H]2c3ccccc3C=NN21. The first kappa shape index (κ1) is 16.8. The predicted octanol–water partition coefficient (Wildman–Crippen LogP) is 2.29. The van der Waals surface area contributed by atoms with E-state index in [1.54, 1.807) is 11.2 Å². The lowest BCUT2D eigenvalue weighted by Gasteiger charge is -2.33. The number of rotatable bonds is 2. The van der Waals surface area contributed by atoms with E-state index in [0.29, 0.717) is 5.69 Å². The number of benzene rings is 2. The van der Waals surface area contributed by atoms with E-state index in [1.807, 2.05) is 24.3 Å². The van der Waals surface area contributed by atoms with Crippen LogP contribution in [0.2, 0.25) is 0 Å². The first-order valence-electron chi connectivity index (χ1n) is 9.04. The van der Waals surface area contributed by atoms with E-state index in [2.05, 4.69) is 5.10 Å². The summed E-state index contributed by atoms with van der Waals surface area (Å²) in [5, 5.41) is 6.02. The van der Waals surface area contributed by atoms with Crippen LogP contribution in [0.4, 0.5) is 10.1 Å². The van der Waals surface area contributed by atoms with Crippen LogP contribution in [0.15, 0.2) is 53.6 Å². The van der Waals surface area contributed by atoms with Gasteiger partial charge >= 0.3 is 0 Å². The third-order valence-corrected chi connectivity index (χ3v) is 5.79. The van der Waals surface area contributed by atoms with Gasteiger partial charge in [0.25, 0.3) is 0 Å². The number of hydrogen-bond donors (Lipinski definition) is 0. The molecule has 3 heterocycles. The summed E-state index contributed by atoms with van der Waals surface area (Å²) in [4.78, 5) is 40.1. The van der Waals surface area contributed by atoms with Crippen molar-refractivity contribution in [3.8, 4) is 0 Å². The highest BCUT2D eigenvalue weighted by Gasteiger charge is 2.64. The summed E-state index contributed by atoms with van der Waals surface area (Å²) in [5.74, 6) is -3.02. The third kappa shape index (κ3) is 2.13. The number of fused-ring (bicyclic) bond motifs is 5. The van der Waals surface area contributed by atoms with Crippen LogP contribution in [0.25, 0.3) is 0 Å². The number of hydrazone groups is 1. The highest BCUT2D eigenvalue weighted by atomic mass is 19.1. The molecule has 2 amide bonds. The lowest BCUT2D eigenvalue weighted by Crippen LogP contribution is -2.43. The molecule has 0 radical (unpaired) electrons. The van der Waals surface area contributed by atoms with Gasteiger partial charge in [-0.2, -0.15) is 5.10 Å². The fourth-order valence-electron chi connectivity index (χ4n) is 4.67. The van der Waals surface area contributed by atoms with E-state index in [-0.39, 0.29) is 11.7 Å². The summed E-state index contributed by atoms with van der Waals surface area (Å²) in [7, 11) is 0. The second-order valence-corrected chi connectivity index (χ2v) is 7.29. The summed E-state index contributed by atoms with van der Waals surface area (Å²) < 4.78 is 13.3. The Labute approximate surface area is 160 Å². The zero-order chi connectivity index (χ0) is 19.6. The molecule has 28 heavy (non-hydrogen) atoms. The average molecular weight is 377 g/mol. The number of carbonyl (C=O) groups excluding carboxylic acids is 3. The Kier molecular flexibility index (Phi) is 3.49. The van der Waals surface area contributed by atoms with Crippen LogP contribution in [0.1, 0.15) is 24.1 Å². The smallest absolute Gasteiger partial charge is 0.240 e. The van der Waals surface area contributed by atoms with Gasteiger partial charge in [-0.1, -0.05) is 24.3 Å². The molecule has 0 bridgehead atoms. The van der Waals surface area contributed by atoms with E-state index in [9.17, 15) is 18.8 Å². The fraction of sp³-hybridized carbons (Fsp3) is 0.238. The molecule has 2 aromatic rings. The van der Waals surface area contributed by atoms with Gasteiger partial charge in [-0.25, -0.2) is 9.29 Å². The molecule has 0 N–H and O–H groups in total. The Morgan fingerprint density at radius 3 is 2.39 bits per heavy atom. The standard InChI is InChI=1S/C21H16FN3O3/c1-11(26)18-16-17(19-15-5-3-2-4-12(15)10-23-25(18)19)21(28)24(20(16)27)14-8-6-13(22)7-9-14/h2-10,16-19H,1H3/t16-,17+,18-,19+/m0/s1. The number of imide groups is 1. The van der Waals surface area contributed by atoms with Gasteiger partial charge in [0.1, 0.15) is 11.9 Å². The van der Waals surface area contributed by atoms with Gasteiger partial charge in [0.15, 0.2) is 5.78 Å². The first-order valence-corrected chi connectivity index (χ1v) is 9.04. The molecule has 140 valence electrons. The Morgan fingerprint density at radius 1 is 1.00 bits per heavy atom. The summed E-state index contributed by atoms with van der Waals surface area (Å²) in [5.41, 5.74) is 2.05. The zero-order valence-corrected chi connectivity index (χ0v) is 14.9. The number of ketones is 1. The second-order valence-electron chi connectivity index (χ2n) is 7.29. The number of amides is 2. The number of anilines is 1. The molecule has 2 aromatic carbocycles. The van der Waals surface area contributed by atoms with Crippen LogP contribution >= 0.6 is 0 Å². The Balaban J connectivity index is 1.65. The van der Waals surface area contributed by atoms with E-state index in [4.69, 9.17) is 0 Å². The maximum absolute atomic E-state index is 13.3. The van der Waals surface area contributed by atoms with Crippen molar-refractivity contribution in [1.29, 1.82) is 0 Å². The van der Waals surface area contributed by atoms with Crippen LogP contribution in [-0.2, 0) is 14.4 Å². The number of hydrogen-bond acceptors (Lipinski definition) is 5. The molecule has 5 rings (SSSR count). The van der Waals surface area contributed by atoms with Crippen LogP contribution < -0.4 is 4.90 Å². The summed E-state index contributed by atoms with van der Waals surface area (Å²) in [6.07, 6.45) is 1.66. The van der Waals surface area contributed by atoms with Crippen molar-refractivity contribution in [3.05, 3.63) is 65.5 Å². The zero-order valence-electron chi connectivity index (χ0n) is 14.9. The third-order valence-electron chi connectivity index (χ3n) is 5.79. The summed E-state index contributed by atoms with van der Waals surface area (Å²) in [6.45, 7) is 1.42. The number of Topliss-reactive ketones (excluding diaryl/α,β-unsaturated/α-hetero) is 1. The Hall–Kier alpha value is -3.35. The summed E-state index contributed by atoms with van der Waals surface area (Å²) >= 11 is 0. The van der Waals surface area contributed by atoms with Crippen LogP contribution in [0.5, 0.6) is 0 Å². The van der Waals surface area contributed by atoms with Gasteiger partial charge in [-0.3, -0.25) is 19.4 Å². The van der Waals surface area contributed by atoms with Gasteiger partial charge in [-0.05, 0) is 42.3 Å². The van der Waals surface area contributed by atoms with Gasteiger partial charge in [0, 0.05) is 0 Å². The molecule has 0 unspecified atom stereocenters. The quantitative estimate of drug-likeness (QED) is 0.753. The first-order chi connectivity index (χ1) is 13.5. The van der Waals surface area contributed by atoms with Crippen molar-refractivity contribution in [2.75, 3.05) is 4.90 Å². The fourth-order valence-corrected chi connectivity index (χ4v) is 4.67. The summed E-state index contributed by atoms with van der Waals surface area (Å²) in [6, 6.07) is 11.5. The van der Waals surface area contributed by atoms with Crippen LogP contribution in [-0.4, -0.2) is 34.9 Å². The minimum atomic E-state index is -0.816. The average Bonchev–Trinajstić information content (AvgIpc) is 3.16. The van der Waals surface area contributed by atoms with Gasteiger partial charge in [-0.15, -0.1) is 0 Å². The molecule has 6 nitrogen and oxygen atoms in total. The Bertz CT molecular complexity index is 1050. The van der Waals surface area contributed by atoms with Crippen molar-refractivity contribution in [3.63, 3.8) is 0 Å². The minimum absolute atomic E-state index is 0.212.